The molecule has 0 bridgehead atoms. The highest BCUT2D eigenvalue weighted by molar-refractivity contribution is 5.78. The Balaban J connectivity index is 4.54. The lowest BCUT2D eigenvalue weighted by Crippen LogP contribution is -2.44. The average Bonchev–Trinajstić information content (AvgIpc) is 2.16. The number of hydrogen-bond donors (Lipinski definition) is 1. The molecule has 0 aromatic rings. The zero-order chi connectivity index (χ0) is 13.6. The SMILES string of the molecule is CCCN(CC(=O)N(C)C)CC(C)(C)C(=O)O. The molecule has 0 rings (SSSR count). The van der Waals surface area contributed by atoms with Crippen molar-refractivity contribution in [3.05, 3.63) is 0 Å². The zero-order valence-corrected chi connectivity index (χ0v) is 11.5. The lowest BCUT2D eigenvalue weighted by molar-refractivity contribution is -0.148. The van der Waals surface area contributed by atoms with E-state index >= 15 is 0 Å². The van der Waals surface area contributed by atoms with Crippen molar-refractivity contribution >= 4 is 11.9 Å². The molecule has 0 spiro atoms. The topological polar surface area (TPSA) is 60.9 Å². The van der Waals surface area contributed by atoms with Crippen LogP contribution in [-0.4, -0.2) is 60.5 Å². The van der Waals surface area contributed by atoms with Gasteiger partial charge in [-0.25, -0.2) is 0 Å². The number of carboxylic acids is 1. The standard InChI is InChI=1S/C12H24N2O3/c1-6-7-14(8-10(15)13(4)5)9-12(2,3)11(16)17/h6-9H2,1-5H3,(H,16,17). The molecule has 5 heteroatoms. The van der Waals surface area contributed by atoms with E-state index in [0.29, 0.717) is 6.54 Å². The van der Waals surface area contributed by atoms with Crippen molar-refractivity contribution in [2.45, 2.75) is 27.2 Å². The molecule has 0 aromatic heterocycles. The fourth-order valence-corrected chi connectivity index (χ4v) is 1.49. The van der Waals surface area contributed by atoms with Crippen LogP contribution < -0.4 is 0 Å². The molecular formula is C12H24N2O3. The highest BCUT2D eigenvalue weighted by Gasteiger charge is 2.30. The minimum absolute atomic E-state index is 0.000334. The molecule has 0 fully saturated rings. The Kier molecular flexibility index (Phi) is 6.16. The van der Waals surface area contributed by atoms with Crippen LogP contribution in [0, 0.1) is 5.41 Å². The molecule has 17 heavy (non-hydrogen) atoms. The Bertz CT molecular complexity index is 275. The van der Waals surface area contributed by atoms with Crippen molar-refractivity contribution in [2.75, 3.05) is 33.7 Å². The van der Waals surface area contributed by atoms with Crippen LogP contribution in [0.2, 0.25) is 0 Å². The van der Waals surface area contributed by atoms with Crippen LogP contribution in [0.4, 0.5) is 0 Å². The smallest absolute Gasteiger partial charge is 0.310 e. The summed E-state index contributed by atoms with van der Waals surface area (Å²) in [5.41, 5.74) is -0.832. The minimum Gasteiger partial charge on any atom is -0.481 e. The first-order valence-corrected chi connectivity index (χ1v) is 5.86. The second kappa shape index (κ2) is 6.59. The first-order chi connectivity index (χ1) is 7.70. The number of carbonyl (C=O) groups is 2. The van der Waals surface area contributed by atoms with Gasteiger partial charge < -0.3 is 10.0 Å². The number of likely N-dealkylation sites (N-methyl/N-ethyl adjacent to an activating group) is 1. The predicted octanol–water partition coefficient (Wildman–Crippen LogP) is 0.897. The molecule has 0 aliphatic carbocycles. The van der Waals surface area contributed by atoms with E-state index in [2.05, 4.69) is 0 Å². The first-order valence-electron chi connectivity index (χ1n) is 5.86. The quantitative estimate of drug-likeness (QED) is 0.722. The van der Waals surface area contributed by atoms with Gasteiger partial charge in [-0.1, -0.05) is 6.92 Å². The fourth-order valence-electron chi connectivity index (χ4n) is 1.49. The molecule has 0 aromatic carbocycles. The van der Waals surface area contributed by atoms with Gasteiger partial charge in [0.2, 0.25) is 5.91 Å². The van der Waals surface area contributed by atoms with Gasteiger partial charge in [-0.2, -0.15) is 0 Å². The van der Waals surface area contributed by atoms with Gasteiger partial charge in [-0.3, -0.25) is 14.5 Å². The van der Waals surface area contributed by atoms with E-state index in [-0.39, 0.29) is 12.5 Å². The van der Waals surface area contributed by atoms with Gasteiger partial charge in [-0.15, -0.1) is 0 Å². The number of aliphatic carboxylic acids is 1. The molecule has 0 heterocycles. The summed E-state index contributed by atoms with van der Waals surface area (Å²) in [7, 11) is 3.41. The lowest BCUT2D eigenvalue weighted by atomic mass is 9.93. The van der Waals surface area contributed by atoms with Gasteiger partial charge in [0.05, 0.1) is 12.0 Å². The van der Waals surface area contributed by atoms with E-state index in [1.165, 1.54) is 4.90 Å². The fraction of sp³-hybridized carbons (Fsp3) is 0.833. The highest BCUT2D eigenvalue weighted by Crippen LogP contribution is 2.17. The highest BCUT2D eigenvalue weighted by atomic mass is 16.4. The molecule has 0 atom stereocenters. The van der Waals surface area contributed by atoms with Crippen LogP contribution in [0.3, 0.4) is 0 Å². The molecule has 0 saturated carbocycles. The van der Waals surface area contributed by atoms with Crippen LogP contribution in [0.1, 0.15) is 27.2 Å². The summed E-state index contributed by atoms with van der Waals surface area (Å²) in [6.07, 6.45) is 0.899. The number of carbonyl (C=O) groups excluding carboxylic acids is 1. The van der Waals surface area contributed by atoms with Gasteiger partial charge in [0, 0.05) is 20.6 Å². The van der Waals surface area contributed by atoms with Crippen molar-refractivity contribution in [3.63, 3.8) is 0 Å². The Morgan fingerprint density at radius 1 is 1.24 bits per heavy atom. The van der Waals surface area contributed by atoms with E-state index < -0.39 is 11.4 Å². The van der Waals surface area contributed by atoms with Gasteiger partial charge in [0.1, 0.15) is 0 Å². The van der Waals surface area contributed by atoms with Crippen LogP contribution in [0.15, 0.2) is 0 Å². The second-order valence-electron chi connectivity index (χ2n) is 5.19. The maximum absolute atomic E-state index is 11.6. The summed E-state index contributed by atoms with van der Waals surface area (Å²) in [4.78, 5) is 26.1. The normalized spacial score (nSPS) is 11.6. The average molecular weight is 244 g/mol. The Morgan fingerprint density at radius 3 is 2.12 bits per heavy atom. The third-order valence-corrected chi connectivity index (χ3v) is 2.60. The largest absolute Gasteiger partial charge is 0.481 e. The molecule has 0 saturated heterocycles. The summed E-state index contributed by atoms with van der Waals surface area (Å²) in [6.45, 7) is 6.76. The molecule has 5 nitrogen and oxygen atoms in total. The molecule has 1 amide bonds. The lowest BCUT2D eigenvalue weighted by Gasteiger charge is -2.29. The zero-order valence-electron chi connectivity index (χ0n) is 11.5. The molecule has 0 aliphatic rings. The molecule has 0 unspecified atom stereocenters. The van der Waals surface area contributed by atoms with Crippen molar-refractivity contribution < 1.29 is 14.7 Å². The Morgan fingerprint density at radius 2 is 1.76 bits per heavy atom. The second-order valence-corrected chi connectivity index (χ2v) is 5.19. The van der Waals surface area contributed by atoms with Crippen LogP contribution >= 0.6 is 0 Å². The molecule has 0 aliphatic heterocycles. The van der Waals surface area contributed by atoms with Crippen LogP contribution in [0.5, 0.6) is 0 Å². The Labute approximate surface area is 103 Å². The summed E-state index contributed by atoms with van der Waals surface area (Å²) in [6, 6.07) is 0. The summed E-state index contributed by atoms with van der Waals surface area (Å²) in [5.74, 6) is -0.837. The predicted molar refractivity (Wildman–Crippen MR) is 66.8 cm³/mol. The summed E-state index contributed by atoms with van der Waals surface area (Å²) in [5, 5.41) is 9.08. The third-order valence-electron chi connectivity index (χ3n) is 2.60. The van der Waals surface area contributed by atoms with Gasteiger partial charge in [0.15, 0.2) is 0 Å². The van der Waals surface area contributed by atoms with Crippen molar-refractivity contribution in [2.24, 2.45) is 5.41 Å². The monoisotopic (exact) mass is 244 g/mol. The minimum atomic E-state index is -0.837. The van der Waals surface area contributed by atoms with Crippen LogP contribution in [0.25, 0.3) is 0 Å². The van der Waals surface area contributed by atoms with E-state index in [1.54, 1.807) is 27.9 Å². The molecular weight excluding hydrogens is 220 g/mol. The van der Waals surface area contributed by atoms with E-state index in [0.717, 1.165) is 13.0 Å². The number of nitrogens with zero attached hydrogens (tertiary/aromatic N) is 2. The Hall–Kier alpha value is -1.10. The number of amides is 1. The van der Waals surface area contributed by atoms with Gasteiger partial charge in [-0.05, 0) is 26.8 Å². The summed E-state index contributed by atoms with van der Waals surface area (Å²) < 4.78 is 0. The number of hydrogen-bond acceptors (Lipinski definition) is 3. The van der Waals surface area contributed by atoms with E-state index in [4.69, 9.17) is 5.11 Å². The van der Waals surface area contributed by atoms with Crippen molar-refractivity contribution in [1.29, 1.82) is 0 Å². The third kappa shape index (κ3) is 5.68. The number of rotatable bonds is 7. The molecule has 100 valence electrons. The van der Waals surface area contributed by atoms with Crippen molar-refractivity contribution in [1.82, 2.24) is 9.80 Å². The van der Waals surface area contributed by atoms with Gasteiger partial charge >= 0.3 is 5.97 Å². The van der Waals surface area contributed by atoms with Crippen molar-refractivity contribution in [3.8, 4) is 0 Å². The number of carboxylic acid groups (broad SMARTS) is 1. The molecule has 1 N–H and O–H groups in total. The first kappa shape index (κ1) is 15.9. The van der Waals surface area contributed by atoms with E-state index in [9.17, 15) is 9.59 Å². The van der Waals surface area contributed by atoms with Gasteiger partial charge in [0.25, 0.3) is 0 Å². The summed E-state index contributed by atoms with van der Waals surface area (Å²) >= 11 is 0. The maximum atomic E-state index is 11.6. The van der Waals surface area contributed by atoms with E-state index in [1.807, 2.05) is 11.8 Å². The molecule has 0 radical (unpaired) electrons. The maximum Gasteiger partial charge on any atom is 0.310 e. The van der Waals surface area contributed by atoms with Crippen LogP contribution in [-0.2, 0) is 9.59 Å².